The van der Waals surface area contributed by atoms with E-state index < -0.39 is 0 Å². The van der Waals surface area contributed by atoms with Gasteiger partial charge >= 0.3 is 0 Å². The summed E-state index contributed by atoms with van der Waals surface area (Å²) in [7, 11) is 0. The zero-order chi connectivity index (χ0) is 15.2. The van der Waals surface area contributed by atoms with Gasteiger partial charge in [-0.2, -0.15) is 0 Å². The molecular weight excluding hydrogens is 322 g/mol. The van der Waals surface area contributed by atoms with Crippen LogP contribution in [-0.2, 0) is 6.42 Å². The van der Waals surface area contributed by atoms with Crippen LogP contribution < -0.4 is 5.32 Å². The number of aryl methyl sites for hydroxylation is 2. The van der Waals surface area contributed by atoms with Crippen molar-refractivity contribution in [1.29, 1.82) is 0 Å². The van der Waals surface area contributed by atoms with E-state index in [1.807, 2.05) is 0 Å². The zero-order valence-corrected chi connectivity index (χ0v) is 14.7. The fraction of sp³-hybridized carbons (Fsp3) is 0.368. The van der Waals surface area contributed by atoms with E-state index in [0.29, 0.717) is 0 Å². The number of benzene rings is 2. The van der Waals surface area contributed by atoms with Crippen LogP contribution in [0.4, 0.5) is 0 Å². The number of hydrogen-bond acceptors (Lipinski definition) is 1. The summed E-state index contributed by atoms with van der Waals surface area (Å²) in [6.07, 6.45) is 2.33. The highest BCUT2D eigenvalue weighted by Gasteiger charge is 2.14. The summed E-state index contributed by atoms with van der Waals surface area (Å²) in [6.45, 7) is 7.46. The van der Waals surface area contributed by atoms with Gasteiger partial charge in [-0.3, -0.25) is 0 Å². The predicted octanol–water partition coefficient (Wildman–Crippen LogP) is 5.41. The van der Waals surface area contributed by atoms with Crippen molar-refractivity contribution >= 4 is 15.9 Å². The third kappa shape index (κ3) is 4.18. The molecule has 2 rings (SSSR count). The van der Waals surface area contributed by atoms with Crippen molar-refractivity contribution in [2.24, 2.45) is 0 Å². The van der Waals surface area contributed by atoms with Crippen LogP contribution in [0, 0.1) is 6.92 Å². The zero-order valence-electron chi connectivity index (χ0n) is 13.1. The Bertz CT molecular complexity index is 592. The molecule has 1 unspecified atom stereocenters. The molecule has 1 nitrogen and oxygen atoms in total. The van der Waals surface area contributed by atoms with Crippen LogP contribution in [-0.4, -0.2) is 6.54 Å². The average Bonchev–Trinajstić information content (AvgIpc) is 2.48. The molecule has 0 aromatic heterocycles. The minimum absolute atomic E-state index is 0.253. The van der Waals surface area contributed by atoms with Crippen LogP contribution >= 0.6 is 15.9 Å². The molecule has 2 heteroatoms. The Morgan fingerprint density at radius 1 is 1.05 bits per heavy atom. The maximum Gasteiger partial charge on any atom is 0.0577 e. The molecule has 0 heterocycles. The first-order valence-electron chi connectivity index (χ1n) is 7.74. The van der Waals surface area contributed by atoms with Crippen LogP contribution in [0.5, 0.6) is 0 Å². The summed E-state index contributed by atoms with van der Waals surface area (Å²) in [5.41, 5.74) is 5.35. The van der Waals surface area contributed by atoms with Crippen LogP contribution in [0.3, 0.4) is 0 Å². The monoisotopic (exact) mass is 345 g/mol. The third-order valence-corrected chi connectivity index (χ3v) is 4.61. The summed E-state index contributed by atoms with van der Waals surface area (Å²) in [5.74, 6) is 0. The number of nitrogens with one attached hydrogen (secondary N) is 1. The molecule has 0 aliphatic rings. The maximum absolute atomic E-state index is 3.65. The highest BCUT2D eigenvalue weighted by Crippen LogP contribution is 2.27. The topological polar surface area (TPSA) is 12.0 Å². The molecule has 0 fully saturated rings. The van der Waals surface area contributed by atoms with Gasteiger partial charge in [0.25, 0.3) is 0 Å². The smallest absolute Gasteiger partial charge is 0.0577 e. The van der Waals surface area contributed by atoms with Gasteiger partial charge in [-0.1, -0.05) is 72.6 Å². The Morgan fingerprint density at radius 3 is 2.48 bits per heavy atom. The molecule has 21 heavy (non-hydrogen) atoms. The molecule has 1 N–H and O–H groups in total. The fourth-order valence-corrected chi connectivity index (χ4v) is 3.03. The highest BCUT2D eigenvalue weighted by atomic mass is 79.9. The Morgan fingerprint density at radius 2 is 1.81 bits per heavy atom. The normalized spacial score (nSPS) is 12.4. The molecule has 0 bridgehead atoms. The lowest BCUT2D eigenvalue weighted by atomic mass is 9.95. The minimum atomic E-state index is 0.253. The van der Waals surface area contributed by atoms with Gasteiger partial charge in [-0.05, 0) is 48.2 Å². The van der Waals surface area contributed by atoms with Gasteiger partial charge < -0.3 is 5.32 Å². The van der Waals surface area contributed by atoms with E-state index in [1.54, 1.807) is 0 Å². The third-order valence-electron chi connectivity index (χ3n) is 3.76. The Labute approximate surface area is 136 Å². The number of halogens is 1. The lowest BCUT2D eigenvalue weighted by Crippen LogP contribution is -2.22. The quantitative estimate of drug-likeness (QED) is 0.737. The van der Waals surface area contributed by atoms with E-state index in [2.05, 4.69) is 84.5 Å². The van der Waals surface area contributed by atoms with Gasteiger partial charge in [0.05, 0.1) is 6.04 Å². The van der Waals surface area contributed by atoms with Crippen molar-refractivity contribution in [1.82, 2.24) is 5.32 Å². The van der Waals surface area contributed by atoms with Crippen LogP contribution in [0.2, 0.25) is 0 Å². The van der Waals surface area contributed by atoms with Gasteiger partial charge in [0.1, 0.15) is 0 Å². The van der Waals surface area contributed by atoms with E-state index in [4.69, 9.17) is 0 Å². The van der Waals surface area contributed by atoms with E-state index in [-0.39, 0.29) is 6.04 Å². The Hall–Kier alpha value is -1.12. The molecule has 112 valence electrons. The maximum atomic E-state index is 3.65. The second kappa shape index (κ2) is 7.77. The summed E-state index contributed by atoms with van der Waals surface area (Å²) >= 11 is 3.65. The van der Waals surface area contributed by atoms with Crippen molar-refractivity contribution in [3.63, 3.8) is 0 Å². The minimum Gasteiger partial charge on any atom is -0.307 e. The Kier molecular flexibility index (Phi) is 6.01. The first-order chi connectivity index (χ1) is 10.2. The van der Waals surface area contributed by atoms with Crippen LogP contribution in [0.25, 0.3) is 0 Å². The largest absolute Gasteiger partial charge is 0.307 e. The van der Waals surface area contributed by atoms with E-state index in [1.165, 1.54) is 33.1 Å². The second-order valence-corrected chi connectivity index (χ2v) is 6.35. The lowest BCUT2D eigenvalue weighted by Gasteiger charge is -2.20. The second-order valence-electron chi connectivity index (χ2n) is 5.49. The summed E-state index contributed by atoms with van der Waals surface area (Å²) in [4.78, 5) is 0. The van der Waals surface area contributed by atoms with Crippen molar-refractivity contribution < 1.29 is 0 Å². The fourth-order valence-electron chi connectivity index (χ4n) is 2.64. The summed E-state index contributed by atoms with van der Waals surface area (Å²) < 4.78 is 1.17. The molecule has 0 aliphatic heterocycles. The molecule has 0 saturated heterocycles. The van der Waals surface area contributed by atoms with Crippen LogP contribution in [0.15, 0.2) is 46.9 Å². The molecule has 0 aliphatic carbocycles. The predicted molar refractivity (Wildman–Crippen MR) is 94.8 cm³/mol. The van der Waals surface area contributed by atoms with Crippen molar-refractivity contribution in [3.8, 4) is 0 Å². The highest BCUT2D eigenvalue weighted by molar-refractivity contribution is 9.10. The molecule has 1 atom stereocenters. The lowest BCUT2D eigenvalue weighted by molar-refractivity contribution is 0.629. The van der Waals surface area contributed by atoms with Crippen molar-refractivity contribution in [2.75, 3.05) is 6.54 Å². The van der Waals surface area contributed by atoms with Gasteiger partial charge in [0.15, 0.2) is 0 Å². The van der Waals surface area contributed by atoms with E-state index in [9.17, 15) is 0 Å². The molecule has 2 aromatic rings. The van der Waals surface area contributed by atoms with Gasteiger partial charge in [0.2, 0.25) is 0 Å². The average molecular weight is 346 g/mol. The Balaban J connectivity index is 2.37. The molecule has 0 amide bonds. The molecule has 0 spiro atoms. The van der Waals surface area contributed by atoms with Gasteiger partial charge in [-0.15, -0.1) is 0 Å². The van der Waals surface area contributed by atoms with E-state index >= 15 is 0 Å². The molecule has 2 aromatic carbocycles. The SMILES string of the molecule is CCCc1cccc(C(NCC)c2ccc(C)c(Br)c2)c1. The standard InChI is InChI=1S/C19H24BrN/c1-4-7-15-8-6-9-16(12-15)19(21-5-2)17-11-10-14(3)18(20)13-17/h6,8-13,19,21H,4-5,7H2,1-3H3. The number of hydrogen-bond donors (Lipinski definition) is 1. The first-order valence-corrected chi connectivity index (χ1v) is 8.53. The molecule has 0 radical (unpaired) electrons. The summed E-state index contributed by atoms with van der Waals surface area (Å²) in [6, 6.07) is 15.8. The summed E-state index contributed by atoms with van der Waals surface area (Å²) in [5, 5.41) is 3.61. The molecule has 0 saturated carbocycles. The molecular formula is C19H24BrN. The van der Waals surface area contributed by atoms with Gasteiger partial charge in [0, 0.05) is 4.47 Å². The van der Waals surface area contributed by atoms with E-state index in [0.717, 1.165) is 13.0 Å². The van der Waals surface area contributed by atoms with Crippen molar-refractivity contribution in [3.05, 3.63) is 69.2 Å². The number of rotatable bonds is 6. The van der Waals surface area contributed by atoms with Crippen LogP contribution in [0.1, 0.15) is 48.6 Å². The van der Waals surface area contributed by atoms with Gasteiger partial charge in [-0.25, -0.2) is 0 Å². The first kappa shape index (κ1) is 16.3. The van der Waals surface area contributed by atoms with Crippen molar-refractivity contribution in [2.45, 2.75) is 39.7 Å².